The van der Waals surface area contributed by atoms with Crippen molar-refractivity contribution in [2.75, 3.05) is 19.5 Å². The van der Waals surface area contributed by atoms with Crippen LogP contribution < -0.4 is 10.5 Å². The van der Waals surface area contributed by atoms with Crippen molar-refractivity contribution < 1.29 is 14.3 Å². The number of esters is 1. The lowest BCUT2D eigenvalue weighted by molar-refractivity contribution is -0.152. The Morgan fingerprint density at radius 3 is 2.27 bits per heavy atom. The van der Waals surface area contributed by atoms with E-state index in [0.29, 0.717) is 5.69 Å². The highest BCUT2D eigenvalue weighted by Gasteiger charge is 2.30. The normalized spacial score (nSPS) is 11.0. The average molecular weight is 301 g/mol. The summed E-state index contributed by atoms with van der Waals surface area (Å²) in [5.41, 5.74) is 7.43. The first-order valence-corrected chi connectivity index (χ1v) is 6.81. The molecule has 116 valence electrons. The van der Waals surface area contributed by atoms with Gasteiger partial charge in [-0.3, -0.25) is 4.79 Å². The van der Waals surface area contributed by atoms with Gasteiger partial charge in [-0.1, -0.05) is 12.1 Å². The van der Waals surface area contributed by atoms with E-state index in [9.17, 15) is 4.79 Å². The summed E-state index contributed by atoms with van der Waals surface area (Å²) in [4.78, 5) is 19.9. The number of aromatic nitrogens is 2. The summed E-state index contributed by atoms with van der Waals surface area (Å²) >= 11 is 0. The smallest absolute Gasteiger partial charge is 0.316 e. The molecule has 0 aliphatic rings. The topological polar surface area (TPSA) is 87.3 Å². The molecule has 0 spiro atoms. The summed E-state index contributed by atoms with van der Waals surface area (Å²) in [5.74, 6) is -0.342. The molecule has 2 rings (SSSR count). The van der Waals surface area contributed by atoms with Crippen molar-refractivity contribution >= 4 is 11.7 Å². The number of ether oxygens (including phenoxy) is 2. The fourth-order valence-electron chi connectivity index (χ4n) is 1.80. The zero-order valence-electron chi connectivity index (χ0n) is 12.9. The van der Waals surface area contributed by atoms with E-state index in [-0.39, 0.29) is 18.6 Å². The van der Waals surface area contributed by atoms with Gasteiger partial charge >= 0.3 is 12.0 Å². The van der Waals surface area contributed by atoms with Gasteiger partial charge in [0.1, 0.15) is 6.61 Å². The van der Waals surface area contributed by atoms with Gasteiger partial charge in [0.25, 0.3) is 0 Å². The van der Waals surface area contributed by atoms with Crippen molar-refractivity contribution in [3.63, 3.8) is 0 Å². The van der Waals surface area contributed by atoms with Crippen molar-refractivity contribution in [2.45, 2.75) is 13.8 Å². The van der Waals surface area contributed by atoms with E-state index < -0.39 is 5.41 Å². The molecule has 22 heavy (non-hydrogen) atoms. The molecule has 2 aromatic rings. The first-order chi connectivity index (χ1) is 10.4. The summed E-state index contributed by atoms with van der Waals surface area (Å²) < 4.78 is 10.2. The van der Waals surface area contributed by atoms with Crippen molar-refractivity contribution in [2.24, 2.45) is 5.41 Å². The monoisotopic (exact) mass is 301 g/mol. The maximum atomic E-state index is 11.6. The van der Waals surface area contributed by atoms with Crippen LogP contribution in [0.2, 0.25) is 0 Å². The first kappa shape index (κ1) is 15.8. The van der Waals surface area contributed by atoms with Crippen LogP contribution >= 0.6 is 0 Å². The Bertz CT molecular complexity index is 637. The van der Waals surface area contributed by atoms with E-state index >= 15 is 0 Å². The van der Waals surface area contributed by atoms with Gasteiger partial charge in [0.05, 0.1) is 12.5 Å². The number of carbonyl (C=O) groups is 1. The van der Waals surface area contributed by atoms with Crippen LogP contribution in [0.15, 0.2) is 36.7 Å². The zero-order valence-corrected chi connectivity index (χ0v) is 12.9. The summed E-state index contributed by atoms with van der Waals surface area (Å²) in [5, 5.41) is 0. The number of benzene rings is 1. The number of rotatable bonds is 5. The van der Waals surface area contributed by atoms with Crippen molar-refractivity contribution in [3.8, 4) is 17.1 Å². The molecule has 0 fully saturated rings. The van der Waals surface area contributed by atoms with Crippen LogP contribution in [0.5, 0.6) is 6.01 Å². The molecule has 0 unspecified atom stereocenters. The van der Waals surface area contributed by atoms with Gasteiger partial charge < -0.3 is 15.2 Å². The van der Waals surface area contributed by atoms with E-state index in [2.05, 4.69) is 9.97 Å². The summed E-state index contributed by atoms with van der Waals surface area (Å²) in [7, 11) is 1.35. The van der Waals surface area contributed by atoms with Gasteiger partial charge in [-0.05, 0) is 31.5 Å². The molecule has 0 aliphatic heterocycles. The number of nitrogens with zero attached hydrogens (tertiary/aromatic N) is 2. The second-order valence-corrected chi connectivity index (χ2v) is 5.54. The minimum absolute atomic E-state index is 0.140. The molecule has 0 bridgehead atoms. The van der Waals surface area contributed by atoms with Crippen molar-refractivity contribution in [1.82, 2.24) is 9.97 Å². The zero-order chi connectivity index (χ0) is 16.2. The van der Waals surface area contributed by atoms with Gasteiger partial charge in [0.2, 0.25) is 0 Å². The van der Waals surface area contributed by atoms with Crippen LogP contribution in [0.25, 0.3) is 11.1 Å². The molecule has 0 saturated carbocycles. The van der Waals surface area contributed by atoms with Crippen molar-refractivity contribution in [1.29, 1.82) is 0 Å². The molecule has 6 heteroatoms. The number of hydrogen-bond acceptors (Lipinski definition) is 6. The second kappa shape index (κ2) is 6.43. The molecule has 1 aromatic heterocycles. The van der Waals surface area contributed by atoms with E-state index in [1.807, 2.05) is 24.3 Å². The maximum absolute atomic E-state index is 11.6. The van der Waals surface area contributed by atoms with E-state index in [4.69, 9.17) is 15.2 Å². The lowest BCUT2D eigenvalue weighted by atomic mass is 9.95. The first-order valence-electron chi connectivity index (χ1n) is 6.81. The van der Waals surface area contributed by atoms with E-state index in [0.717, 1.165) is 11.1 Å². The fourth-order valence-corrected chi connectivity index (χ4v) is 1.80. The molecule has 6 nitrogen and oxygen atoms in total. The van der Waals surface area contributed by atoms with Crippen LogP contribution in [-0.2, 0) is 9.53 Å². The highest BCUT2D eigenvalue weighted by Crippen LogP contribution is 2.21. The fraction of sp³-hybridized carbons (Fsp3) is 0.312. The van der Waals surface area contributed by atoms with Crippen LogP contribution in [0, 0.1) is 5.41 Å². The predicted octanol–water partition coefficient (Wildman–Crippen LogP) is 2.30. The third-order valence-electron chi connectivity index (χ3n) is 3.17. The number of anilines is 1. The highest BCUT2D eigenvalue weighted by molar-refractivity contribution is 5.75. The largest absolute Gasteiger partial charge is 0.469 e. The number of hydrogen-bond donors (Lipinski definition) is 1. The van der Waals surface area contributed by atoms with Crippen molar-refractivity contribution in [3.05, 3.63) is 36.7 Å². The Kier molecular flexibility index (Phi) is 4.60. The highest BCUT2D eigenvalue weighted by atomic mass is 16.5. The minimum atomic E-state index is -0.756. The molecule has 0 saturated heterocycles. The van der Waals surface area contributed by atoms with Gasteiger partial charge in [0.15, 0.2) is 0 Å². The number of carbonyl (C=O) groups excluding carboxylic acids is 1. The quantitative estimate of drug-likeness (QED) is 0.673. The standard InChI is InChI=1S/C16H19N3O3/c1-16(2,14(20)21-3)10-22-15-18-8-12(9-19-15)11-4-6-13(17)7-5-11/h4-9H,10,17H2,1-3H3. The van der Waals surface area contributed by atoms with Gasteiger partial charge in [0, 0.05) is 23.6 Å². The number of methoxy groups -OCH3 is 1. The van der Waals surface area contributed by atoms with Crippen LogP contribution in [-0.4, -0.2) is 29.7 Å². The number of nitrogen functional groups attached to an aromatic ring is 1. The SMILES string of the molecule is COC(=O)C(C)(C)COc1ncc(-c2ccc(N)cc2)cn1. The lowest BCUT2D eigenvalue weighted by Gasteiger charge is -2.20. The van der Waals surface area contributed by atoms with Crippen LogP contribution in [0.3, 0.4) is 0 Å². The second-order valence-electron chi connectivity index (χ2n) is 5.54. The molecule has 0 amide bonds. The Balaban J connectivity index is 2.03. The Morgan fingerprint density at radius 1 is 1.14 bits per heavy atom. The molecule has 2 N–H and O–H groups in total. The Morgan fingerprint density at radius 2 is 1.73 bits per heavy atom. The molecular weight excluding hydrogens is 282 g/mol. The van der Waals surface area contributed by atoms with Crippen LogP contribution in [0.1, 0.15) is 13.8 Å². The van der Waals surface area contributed by atoms with Gasteiger partial charge in [-0.25, -0.2) is 9.97 Å². The van der Waals surface area contributed by atoms with Gasteiger partial charge in [-0.15, -0.1) is 0 Å². The molecule has 1 aromatic carbocycles. The molecule has 0 radical (unpaired) electrons. The lowest BCUT2D eigenvalue weighted by Crippen LogP contribution is -2.32. The van der Waals surface area contributed by atoms with E-state index in [1.165, 1.54) is 7.11 Å². The van der Waals surface area contributed by atoms with Gasteiger partial charge in [-0.2, -0.15) is 0 Å². The summed E-state index contributed by atoms with van der Waals surface area (Å²) in [6.45, 7) is 3.62. The van der Waals surface area contributed by atoms with Crippen LogP contribution in [0.4, 0.5) is 5.69 Å². The maximum Gasteiger partial charge on any atom is 0.316 e. The van der Waals surface area contributed by atoms with E-state index in [1.54, 1.807) is 26.2 Å². The number of nitrogens with two attached hydrogens (primary N) is 1. The molecule has 0 aliphatic carbocycles. The Labute approximate surface area is 129 Å². The third kappa shape index (κ3) is 3.72. The Hall–Kier alpha value is -2.63. The molecule has 0 atom stereocenters. The average Bonchev–Trinajstić information content (AvgIpc) is 2.53. The minimum Gasteiger partial charge on any atom is -0.469 e. The third-order valence-corrected chi connectivity index (χ3v) is 3.17. The predicted molar refractivity (Wildman–Crippen MR) is 83.2 cm³/mol. The molecular formula is C16H19N3O3. The molecule has 1 heterocycles. The summed E-state index contributed by atoms with van der Waals surface area (Å²) in [6.07, 6.45) is 3.33. The summed E-state index contributed by atoms with van der Waals surface area (Å²) in [6, 6.07) is 7.65.